The van der Waals surface area contributed by atoms with Crippen molar-refractivity contribution in [1.82, 2.24) is 5.32 Å². The molecule has 9 heteroatoms. The van der Waals surface area contributed by atoms with Gasteiger partial charge in [-0.25, -0.2) is 0 Å². The molecule has 0 rings (SSSR count). The first-order chi connectivity index (χ1) is 44.0. The van der Waals surface area contributed by atoms with Gasteiger partial charge in [-0.2, -0.15) is 0 Å². The van der Waals surface area contributed by atoms with Gasteiger partial charge < -0.3 is 28.8 Å². The van der Waals surface area contributed by atoms with Gasteiger partial charge in [0.2, 0.25) is 5.91 Å². The van der Waals surface area contributed by atoms with Crippen molar-refractivity contribution >= 4 is 13.7 Å². The topological polar surface area (TPSA) is 108 Å². The van der Waals surface area contributed by atoms with Gasteiger partial charge in [0.05, 0.1) is 39.9 Å². The minimum atomic E-state index is -4.61. The molecular formula is C81H161N2O6P. The molecule has 0 saturated carbocycles. The van der Waals surface area contributed by atoms with E-state index in [2.05, 4.69) is 31.3 Å². The number of quaternary nitrogens is 1. The molecule has 90 heavy (non-hydrogen) atoms. The van der Waals surface area contributed by atoms with Gasteiger partial charge >= 0.3 is 0 Å². The molecule has 2 N–H and O–H groups in total. The van der Waals surface area contributed by atoms with Gasteiger partial charge in [0.15, 0.2) is 0 Å². The van der Waals surface area contributed by atoms with Crippen LogP contribution >= 0.6 is 7.82 Å². The summed E-state index contributed by atoms with van der Waals surface area (Å²) in [6.07, 6.45) is 96.6. The van der Waals surface area contributed by atoms with Crippen LogP contribution in [0.4, 0.5) is 0 Å². The molecule has 0 aliphatic heterocycles. The second kappa shape index (κ2) is 72.3. The van der Waals surface area contributed by atoms with Crippen LogP contribution < -0.4 is 10.2 Å². The third kappa shape index (κ3) is 74.4. The van der Waals surface area contributed by atoms with E-state index >= 15 is 0 Å². The first-order valence-electron chi connectivity index (χ1n) is 40.7. The Balaban J connectivity index is 3.94. The van der Waals surface area contributed by atoms with Crippen molar-refractivity contribution in [2.24, 2.45) is 0 Å². The average molecular weight is 1290 g/mol. The Bertz CT molecular complexity index is 1520. The first kappa shape index (κ1) is 89.0. The number of unbranched alkanes of at least 4 members (excludes halogenated alkanes) is 62. The first-order valence-corrected chi connectivity index (χ1v) is 42.2. The number of nitrogens with zero attached hydrogens (tertiary/aromatic N) is 1. The summed E-state index contributed by atoms with van der Waals surface area (Å²) >= 11 is 0. The maximum atomic E-state index is 13.1. The summed E-state index contributed by atoms with van der Waals surface area (Å²) < 4.78 is 23.5. The average Bonchev–Trinajstić information content (AvgIpc) is 3.39. The van der Waals surface area contributed by atoms with Crippen molar-refractivity contribution in [1.29, 1.82) is 0 Å². The maximum absolute atomic E-state index is 13.1. The Morgan fingerprint density at radius 1 is 0.378 bits per heavy atom. The summed E-state index contributed by atoms with van der Waals surface area (Å²) in [5.74, 6) is -0.196. The predicted octanol–water partition coefficient (Wildman–Crippen LogP) is 25.9. The lowest BCUT2D eigenvalue weighted by molar-refractivity contribution is -0.870. The van der Waals surface area contributed by atoms with Crippen molar-refractivity contribution in [3.63, 3.8) is 0 Å². The highest BCUT2D eigenvalue weighted by atomic mass is 31.2. The third-order valence-electron chi connectivity index (χ3n) is 19.2. The van der Waals surface area contributed by atoms with Gasteiger partial charge in [0.1, 0.15) is 13.2 Å². The van der Waals surface area contributed by atoms with E-state index in [0.717, 1.165) is 38.5 Å². The van der Waals surface area contributed by atoms with E-state index in [0.29, 0.717) is 17.4 Å². The number of rotatable bonds is 77. The fraction of sp³-hybridized carbons (Fsp3) is 0.938. The molecule has 0 aromatic heterocycles. The molecule has 3 unspecified atom stereocenters. The van der Waals surface area contributed by atoms with Gasteiger partial charge in [-0.3, -0.25) is 9.36 Å². The molecule has 0 bridgehead atoms. The highest BCUT2D eigenvalue weighted by Gasteiger charge is 2.23. The van der Waals surface area contributed by atoms with Crippen molar-refractivity contribution in [3.8, 4) is 0 Å². The number of hydrogen-bond donors (Lipinski definition) is 2. The quantitative estimate of drug-likeness (QED) is 0.0272. The molecule has 1 amide bonds. The Kier molecular flexibility index (Phi) is 71.4. The third-order valence-corrected chi connectivity index (χ3v) is 20.1. The molecule has 0 aromatic rings. The van der Waals surface area contributed by atoms with Gasteiger partial charge in [0, 0.05) is 6.42 Å². The summed E-state index contributed by atoms with van der Waals surface area (Å²) in [5, 5.41) is 14.0. The summed E-state index contributed by atoms with van der Waals surface area (Å²) in [6.45, 7) is 4.71. The van der Waals surface area contributed by atoms with Crippen LogP contribution in [0.5, 0.6) is 0 Å². The number of hydrogen-bond acceptors (Lipinski definition) is 6. The van der Waals surface area contributed by atoms with Crippen LogP contribution in [0.15, 0.2) is 24.3 Å². The Labute approximate surface area is 564 Å². The van der Waals surface area contributed by atoms with Gasteiger partial charge in [-0.15, -0.1) is 0 Å². The SMILES string of the molecule is CCCCCCCCCCCCCCCCCCCCCCCCCC/C=C/CC/C=C/C(O)C(COP(=O)([O-])OCC[N+](C)(C)C)NC(=O)CCCCCCCCCCCCCCCCCCCCCCCCCCCCCCCCCCCCCCCC. The Hall–Kier alpha value is -1.02. The number of carbonyl (C=O) groups is 1. The zero-order valence-electron chi connectivity index (χ0n) is 61.6. The van der Waals surface area contributed by atoms with Crippen LogP contribution in [0.25, 0.3) is 0 Å². The van der Waals surface area contributed by atoms with E-state index in [1.165, 1.54) is 379 Å². The predicted molar refractivity (Wildman–Crippen MR) is 395 cm³/mol. The van der Waals surface area contributed by atoms with Crippen LogP contribution in [-0.2, 0) is 18.4 Å². The molecule has 0 aromatic carbocycles. The second-order valence-corrected chi connectivity index (χ2v) is 30.9. The number of likely N-dealkylation sites (N-methyl/N-ethyl adjacent to an activating group) is 1. The van der Waals surface area contributed by atoms with Gasteiger partial charge in [-0.1, -0.05) is 423 Å². The van der Waals surface area contributed by atoms with E-state index in [1.54, 1.807) is 6.08 Å². The lowest BCUT2D eigenvalue weighted by Gasteiger charge is -2.29. The monoisotopic (exact) mass is 1290 g/mol. The number of aliphatic hydroxyl groups excluding tert-OH is 1. The number of amides is 1. The summed E-state index contributed by atoms with van der Waals surface area (Å²) in [6, 6.07) is -0.903. The van der Waals surface area contributed by atoms with Crippen LogP contribution in [0.1, 0.15) is 438 Å². The molecule has 0 aliphatic carbocycles. The number of nitrogens with one attached hydrogen (secondary N) is 1. The highest BCUT2D eigenvalue weighted by Crippen LogP contribution is 2.38. The largest absolute Gasteiger partial charge is 0.756 e. The van der Waals surface area contributed by atoms with Gasteiger partial charge in [0.25, 0.3) is 7.82 Å². The molecule has 0 heterocycles. The minimum Gasteiger partial charge on any atom is -0.756 e. The highest BCUT2D eigenvalue weighted by molar-refractivity contribution is 7.45. The second-order valence-electron chi connectivity index (χ2n) is 29.5. The van der Waals surface area contributed by atoms with Crippen molar-refractivity contribution in [2.75, 3.05) is 40.9 Å². The number of aliphatic hydroxyl groups is 1. The normalized spacial score (nSPS) is 13.5. The maximum Gasteiger partial charge on any atom is 0.268 e. The Morgan fingerprint density at radius 2 is 0.622 bits per heavy atom. The molecule has 0 radical (unpaired) electrons. The van der Waals surface area contributed by atoms with E-state index in [9.17, 15) is 19.4 Å². The summed E-state index contributed by atoms with van der Waals surface area (Å²) in [7, 11) is 1.27. The fourth-order valence-corrected chi connectivity index (χ4v) is 13.6. The summed E-state index contributed by atoms with van der Waals surface area (Å²) in [5.41, 5.74) is 0. The van der Waals surface area contributed by atoms with Crippen LogP contribution in [0.3, 0.4) is 0 Å². The number of phosphoric ester groups is 1. The smallest absolute Gasteiger partial charge is 0.268 e. The van der Waals surface area contributed by atoms with E-state index in [4.69, 9.17) is 9.05 Å². The number of allylic oxidation sites excluding steroid dienone is 3. The lowest BCUT2D eigenvalue weighted by atomic mass is 10.0. The zero-order valence-corrected chi connectivity index (χ0v) is 62.5. The van der Waals surface area contributed by atoms with E-state index < -0.39 is 20.0 Å². The molecule has 0 saturated heterocycles. The standard InChI is InChI=1S/C81H161N2O6P/c1-6-8-10-12-14-16-18-20-22-24-26-28-30-32-34-36-38-39-40-41-42-43-44-45-47-49-51-53-55-57-59-61-63-65-67-69-71-73-75-81(85)82-79(78-89-90(86,87)88-77-76-83(3,4)5)80(84)74-72-70-68-66-64-62-60-58-56-54-52-50-48-46-37-35-33-31-29-27-25-23-21-19-17-15-13-11-9-7-2/h64,66,72,74,79-80,84H,6-63,65,67-71,73,75-78H2,1-5H3,(H-,82,85,86,87)/b66-64+,74-72+. The van der Waals surface area contributed by atoms with Crippen LogP contribution in [0, 0.1) is 0 Å². The van der Waals surface area contributed by atoms with Crippen molar-refractivity contribution in [2.45, 2.75) is 450 Å². The van der Waals surface area contributed by atoms with E-state index in [1.807, 2.05) is 27.2 Å². The number of phosphoric acid groups is 1. The van der Waals surface area contributed by atoms with Crippen molar-refractivity contribution < 1.29 is 32.9 Å². The van der Waals surface area contributed by atoms with Crippen LogP contribution in [0.2, 0.25) is 0 Å². The van der Waals surface area contributed by atoms with Crippen molar-refractivity contribution in [3.05, 3.63) is 24.3 Å². The molecular weight excluding hydrogens is 1130 g/mol. The molecule has 0 aliphatic rings. The zero-order chi connectivity index (χ0) is 65.5. The molecule has 8 nitrogen and oxygen atoms in total. The molecule has 3 atom stereocenters. The van der Waals surface area contributed by atoms with Crippen LogP contribution in [-0.4, -0.2) is 68.5 Å². The lowest BCUT2D eigenvalue weighted by Crippen LogP contribution is -2.45. The minimum absolute atomic E-state index is 0.00325. The number of carbonyl (C=O) groups excluding carboxylic acids is 1. The summed E-state index contributed by atoms with van der Waals surface area (Å²) in [4.78, 5) is 25.7. The fourth-order valence-electron chi connectivity index (χ4n) is 12.9. The molecule has 0 fully saturated rings. The Morgan fingerprint density at radius 3 is 0.900 bits per heavy atom. The molecule has 0 spiro atoms. The van der Waals surface area contributed by atoms with Gasteiger partial charge in [-0.05, 0) is 32.1 Å². The molecule has 536 valence electrons. The van der Waals surface area contributed by atoms with E-state index in [-0.39, 0.29) is 19.1 Å².